The Labute approximate surface area is 255 Å². The molecule has 11 nitrogen and oxygen atoms in total. The third-order valence-electron chi connectivity index (χ3n) is 7.79. The number of nitrogens with two attached hydrogens (primary N) is 1. The van der Waals surface area contributed by atoms with E-state index in [1.165, 1.54) is 15.4 Å². The highest BCUT2D eigenvalue weighted by Gasteiger charge is 2.41. The van der Waals surface area contributed by atoms with Crippen LogP contribution in [0.1, 0.15) is 91.2 Å². The van der Waals surface area contributed by atoms with E-state index in [0.29, 0.717) is 45.3 Å². The first kappa shape index (κ1) is 35.7. The number of Topliss-reactive ketones (excluding diaryl/α,β-unsaturated/α-hetero) is 1. The standard InChI is InChI=1S/C20H34N4O4.C10H11NO2.C2H6/c1-5-7-13(15(25)18(27)22-12-9-10-12)23-17(26)14-8-6-11-24(14)19(28)16(21)20(2,3)4;12-10(13)11-6-5-8-3-1-2-4-9(8)7-11;1-2/h12-14,16H,5-11,21H2,1-4H3,(H,22,27)(H,23,26);1-4H,5-7H2,(H,12,13);1-2H3/t13?,14?,16-;;/m1../s1. The van der Waals surface area contributed by atoms with Crippen LogP contribution in [0.25, 0.3) is 0 Å². The topological polar surface area (TPSA) is 162 Å². The SMILES string of the molecule is CC.CCCC(NC(=O)C1CCCN1C(=O)[C@@H](N)C(C)(C)C)C(=O)C(=O)NC1CC1.O=C(O)N1CCc2ccccc2C1. The second-order valence-corrected chi connectivity index (χ2v) is 12.2. The molecule has 1 saturated heterocycles. The zero-order valence-electron chi connectivity index (χ0n) is 26.7. The number of hydrogen-bond acceptors (Lipinski definition) is 6. The van der Waals surface area contributed by atoms with Gasteiger partial charge in [0.25, 0.3) is 5.91 Å². The molecule has 2 fully saturated rings. The molecule has 2 heterocycles. The molecule has 2 unspecified atom stereocenters. The maximum atomic E-state index is 12.8. The predicted octanol–water partition coefficient (Wildman–Crippen LogP) is 3.23. The van der Waals surface area contributed by atoms with Crippen LogP contribution in [0, 0.1) is 5.41 Å². The van der Waals surface area contributed by atoms with Gasteiger partial charge in [0.15, 0.2) is 0 Å². The maximum Gasteiger partial charge on any atom is 0.407 e. The van der Waals surface area contributed by atoms with Gasteiger partial charge in [0, 0.05) is 25.7 Å². The number of carbonyl (C=O) groups excluding carboxylic acids is 4. The molecule has 0 aromatic heterocycles. The number of carbonyl (C=O) groups is 5. The zero-order chi connectivity index (χ0) is 32.3. The summed E-state index contributed by atoms with van der Waals surface area (Å²) in [5.41, 5.74) is 8.09. The lowest BCUT2D eigenvalue weighted by molar-refractivity contribution is -0.143. The van der Waals surface area contributed by atoms with Crippen LogP contribution in [0.2, 0.25) is 0 Å². The average Bonchev–Trinajstić information content (AvgIpc) is 3.66. The minimum atomic E-state index is -0.870. The second-order valence-electron chi connectivity index (χ2n) is 12.2. The van der Waals surface area contributed by atoms with E-state index in [9.17, 15) is 24.0 Å². The number of ketones is 1. The fourth-order valence-corrected chi connectivity index (χ4v) is 4.98. The van der Waals surface area contributed by atoms with E-state index < -0.39 is 47.2 Å². The molecule has 3 aliphatic rings. The average molecular weight is 602 g/mol. The Balaban J connectivity index is 0.000000356. The molecule has 3 atom stereocenters. The quantitative estimate of drug-likeness (QED) is 0.333. The van der Waals surface area contributed by atoms with Gasteiger partial charge in [-0.2, -0.15) is 0 Å². The van der Waals surface area contributed by atoms with Crippen molar-refractivity contribution in [1.82, 2.24) is 20.4 Å². The van der Waals surface area contributed by atoms with E-state index in [4.69, 9.17) is 10.8 Å². The number of likely N-dealkylation sites (tertiary alicyclic amines) is 1. The molecule has 0 spiro atoms. The number of benzene rings is 1. The summed E-state index contributed by atoms with van der Waals surface area (Å²) < 4.78 is 0. The van der Waals surface area contributed by atoms with Crippen molar-refractivity contribution in [2.24, 2.45) is 11.1 Å². The molecule has 1 aromatic carbocycles. The van der Waals surface area contributed by atoms with Gasteiger partial charge in [-0.3, -0.25) is 19.2 Å². The van der Waals surface area contributed by atoms with Crippen molar-refractivity contribution in [3.63, 3.8) is 0 Å². The highest BCUT2D eigenvalue weighted by molar-refractivity contribution is 6.38. The monoisotopic (exact) mass is 601 g/mol. The van der Waals surface area contributed by atoms with Gasteiger partial charge in [-0.25, -0.2) is 4.79 Å². The summed E-state index contributed by atoms with van der Waals surface area (Å²) in [6.45, 7) is 13.2. The van der Waals surface area contributed by atoms with Crippen molar-refractivity contribution >= 4 is 29.6 Å². The Kier molecular flexibility index (Phi) is 13.6. The van der Waals surface area contributed by atoms with Gasteiger partial charge in [0.1, 0.15) is 6.04 Å². The first-order valence-electron chi connectivity index (χ1n) is 15.6. The van der Waals surface area contributed by atoms with Crippen molar-refractivity contribution in [2.45, 2.75) is 117 Å². The van der Waals surface area contributed by atoms with E-state index in [1.807, 2.05) is 59.7 Å². The molecule has 240 valence electrons. The molecule has 43 heavy (non-hydrogen) atoms. The van der Waals surface area contributed by atoms with Crippen LogP contribution in [0.15, 0.2) is 24.3 Å². The number of nitrogens with one attached hydrogen (secondary N) is 2. The molecule has 4 amide bonds. The lowest BCUT2D eigenvalue weighted by Gasteiger charge is -2.33. The summed E-state index contributed by atoms with van der Waals surface area (Å²) in [6, 6.07) is 5.84. The Morgan fingerprint density at radius 1 is 1.02 bits per heavy atom. The van der Waals surface area contributed by atoms with E-state index in [-0.39, 0.29) is 11.9 Å². The lowest BCUT2D eigenvalue weighted by atomic mass is 9.86. The summed E-state index contributed by atoms with van der Waals surface area (Å²) in [7, 11) is 0. The summed E-state index contributed by atoms with van der Waals surface area (Å²) in [5, 5.41) is 14.2. The van der Waals surface area contributed by atoms with Gasteiger partial charge in [0.2, 0.25) is 17.6 Å². The van der Waals surface area contributed by atoms with Gasteiger partial charge in [-0.05, 0) is 55.1 Å². The third kappa shape index (κ3) is 10.3. The van der Waals surface area contributed by atoms with Crippen LogP contribution in [-0.4, -0.2) is 81.8 Å². The van der Waals surface area contributed by atoms with E-state index in [1.54, 1.807) is 0 Å². The number of rotatable bonds is 8. The van der Waals surface area contributed by atoms with Crippen molar-refractivity contribution in [1.29, 1.82) is 0 Å². The van der Waals surface area contributed by atoms with Crippen LogP contribution in [0.3, 0.4) is 0 Å². The first-order valence-corrected chi connectivity index (χ1v) is 15.6. The van der Waals surface area contributed by atoms with Crippen molar-refractivity contribution in [3.8, 4) is 0 Å². The van der Waals surface area contributed by atoms with E-state index in [2.05, 4.69) is 16.7 Å². The normalized spacial score (nSPS) is 18.9. The first-order chi connectivity index (χ1) is 20.3. The Morgan fingerprint density at radius 3 is 2.21 bits per heavy atom. The molecular weight excluding hydrogens is 550 g/mol. The Bertz CT molecular complexity index is 1130. The van der Waals surface area contributed by atoms with Gasteiger partial charge >= 0.3 is 6.09 Å². The smallest absolute Gasteiger partial charge is 0.407 e. The number of amides is 4. The highest BCUT2D eigenvalue weighted by atomic mass is 16.4. The number of fused-ring (bicyclic) bond motifs is 1. The van der Waals surface area contributed by atoms with Gasteiger partial charge in [-0.15, -0.1) is 0 Å². The minimum Gasteiger partial charge on any atom is -0.465 e. The van der Waals surface area contributed by atoms with Gasteiger partial charge in [0.05, 0.1) is 12.1 Å². The highest BCUT2D eigenvalue weighted by Crippen LogP contribution is 2.25. The molecule has 11 heteroatoms. The molecule has 0 bridgehead atoms. The molecule has 0 radical (unpaired) electrons. The van der Waals surface area contributed by atoms with Crippen LogP contribution >= 0.6 is 0 Å². The zero-order valence-corrected chi connectivity index (χ0v) is 26.7. The Morgan fingerprint density at radius 2 is 1.65 bits per heavy atom. The van der Waals surface area contributed by atoms with E-state index >= 15 is 0 Å². The molecule has 2 aliphatic heterocycles. The fourth-order valence-electron chi connectivity index (χ4n) is 4.98. The Hall–Kier alpha value is -3.47. The molecule has 4 rings (SSSR count). The summed E-state index contributed by atoms with van der Waals surface area (Å²) in [6.07, 6.45) is 4.04. The van der Waals surface area contributed by atoms with Crippen LogP contribution in [0.4, 0.5) is 4.79 Å². The predicted molar refractivity (Wildman–Crippen MR) is 165 cm³/mol. The number of carboxylic acid groups (broad SMARTS) is 1. The van der Waals surface area contributed by atoms with Crippen LogP contribution < -0.4 is 16.4 Å². The van der Waals surface area contributed by atoms with Crippen molar-refractivity contribution in [2.75, 3.05) is 13.1 Å². The summed E-state index contributed by atoms with van der Waals surface area (Å²) >= 11 is 0. The second kappa shape index (κ2) is 16.4. The maximum absolute atomic E-state index is 12.8. The molecule has 1 aromatic rings. The lowest BCUT2D eigenvalue weighted by Crippen LogP contribution is -2.57. The minimum absolute atomic E-state index is 0.0799. The molecule has 1 aliphatic carbocycles. The van der Waals surface area contributed by atoms with Crippen molar-refractivity contribution in [3.05, 3.63) is 35.4 Å². The summed E-state index contributed by atoms with van der Waals surface area (Å²) in [4.78, 5) is 63.8. The number of nitrogens with zero attached hydrogens (tertiary/aromatic N) is 2. The summed E-state index contributed by atoms with van der Waals surface area (Å²) in [5.74, 6) is -1.91. The fraction of sp³-hybridized carbons (Fsp3) is 0.656. The van der Waals surface area contributed by atoms with Crippen molar-refractivity contribution < 1.29 is 29.1 Å². The largest absolute Gasteiger partial charge is 0.465 e. The molecular formula is C32H51N5O6. The molecule has 1 saturated carbocycles. The van der Waals surface area contributed by atoms with E-state index in [0.717, 1.165) is 24.8 Å². The van der Waals surface area contributed by atoms with Crippen LogP contribution in [-0.2, 0) is 32.1 Å². The van der Waals surface area contributed by atoms with Gasteiger partial charge < -0.3 is 31.3 Å². The number of hydrogen-bond donors (Lipinski definition) is 4. The van der Waals surface area contributed by atoms with Crippen LogP contribution in [0.5, 0.6) is 0 Å². The third-order valence-corrected chi connectivity index (χ3v) is 7.79. The van der Waals surface area contributed by atoms with Gasteiger partial charge in [-0.1, -0.05) is 72.2 Å². The molecule has 5 N–H and O–H groups in total.